The number of aliphatic hydroxyl groups is 1. The molecule has 0 rings (SSSR count). The minimum atomic E-state index is -0.747. The predicted octanol–water partition coefficient (Wildman–Crippen LogP) is 5.49. The fourth-order valence-corrected chi connectivity index (χ4v) is 3.73. The van der Waals surface area contributed by atoms with Gasteiger partial charge in [0.15, 0.2) is 0 Å². The van der Waals surface area contributed by atoms with Crippen LogP contribution in [-0.2, 0) is 9.59 Å². The topological polar surface area (TPSA) is 74.6 Å². The first-order valence-electron chi connectivity index (χ1n) is 9.81. The van der Waals surface area contributed by atoms with Crippen molar-refractivity contribution in [1.29, 1.82) is 0 Å². The molecule has 148 valence electrons. The van der Waals surface area contributed by atoms with Gasteiger partial charge in [-0.3, -0.25) is 9.59 Å². The van der Waals surface area contributed by atoms with Crippen LogP contribution in [0.4, 0.5) is 0 Å². The van der Waals surface area contributed by atoms with E-state index in [1.165, 1.54) is 0 Å². The Labute approximate surface area is 161 Å². The molecule has 3 unspecified atom stereocenters. The van der Waals surface area contributed by atoms with Gasteiger partial charge in [0.05, 0.1) is 10.4 Å². The summed E-state index contributed by atoms with van der Waals surface area (Å²) < 4.78 is -0.494. The summed E-state index contributed by atoms with van der Waals surface area (Å²) in [6, 6.07) is 0. The van der Waals surface area contributed by atoms with Crippen molar-refractivity contribution in [3.05, 3.63) is 0 Å². The van der Waals surface area contributed by atoms with Crippen molar-refractivity contribution in [2.45, 2.75) is 108 Å². The van der Waals surface area contributed by atoms with E-state index in [9.17, 15) is 14.7 Å². The van der Waals surface area contributed by atoms with Gasteiger partial charge < -0.3 is 10.2 Å². The number of aliphatic carboxylic acids is 1. The highest BCUT2D eigenvalue weighted by molar-refractivity contribution is 9.10. The third-order valence-corrected chi connectivity index (χ3v) is 6.28. The lowest BCUT2D eigenvalue weighted by molar-refractivity contribution is -0.138. The van der Waals surface area contributed by atoms with E-state index in [0.29, 0.717) is 0 Å². The second-order valence-electron chi connectivity index (χ2n) is 7.51. The summed E-state index contributed by atoms with van der Waals surface area (Å²) in [7, 11) is 0. The minimum Gasteiger partial charge on any atom is -0.481 e. The van der Waals surface area contributed by atoms with Gasteiger partial charge in [-0.05, 0) is 44.9 Å². The van der Waals surface area contributed by atoms with Crippen LogP contribution in [0.5, 0.6) is 0 Å². The van der Waals surface area contributed by atoms with Crippen molar-refractivity contribution in [2.24, 2.45) is 5.92 Å². The summed E-state index contributed by atoms with van der Waals surface area (Å²) in [6.07, 6.45) is 10.0. The molecule has 0 saturated heterocycles. The normalized spacial score (nSPS) is 16.2. The zero-order valence-corrected chi connectivity index (χ0v) is 17.8. The quantitative estimate of drug-likeness (QED) is 0.255. The third-order valence-electron chi connectivity index (χ3n) is 4.93. The Morgan fingerprint density at radius 1 is 1.00 bits per heavy atom. The summed E-state index contributed by atoms with van der Waals surface area (Å²) in [6.45, 7) is 5.74. The molecule has 0 fully saturated rings. The molecule has 25 heavy (non-hydrogen) atoms. The van der Waals surface area contributed by atoms with Gasteiger partial charge in [0.25, 0.3) is 0 Å². The number of hydrogen-bond acceptors (Lipinski definition) is 3. The van der Waals surface area contributed by atoms with Gasteiger partial charge >= 0.3 is 5.97 Å². The first kappa shape index (κ1) is 24.6. The van der Waals surface area contributed by atoms with Gasteiger partial charge in [-0.25, -0.2) is 0 Å². The van der Waals surface area contributed by atoms with E-state index in [-0.39, 0.29) is 24.2 Å². The van der Waals surface area contributed by atoms with E-state index < -0.39 is 10.3 Å². The lowest BCUT2D eigenvalue weighted by atomic mass is 9.89. The van der Waals surface area contributed by atoms with Crippen LogP contribution in [0.15, 0.2) is 0 Å². The van der Waals surface area contributed by atoms with Crippen molar-refractivity contribution in [3.63, 3.8) is 0 Å². The van der Waals surface area contributed by atoms with Gasteiger partial charge in [-0.1, -0.05) is 68.3 Å². The predicted molar refractivity (Wildman–Crippen MR) is 106 cm³/mol. The Morgan fingerprint density at radius 2 is 1.56 bits per heavy atom. The van der Waals surface area contributed by atoms with Crippen molar-refractivity contribution in [3.8, 4) is 0 Å². The van der Waals surface area contributed by atoms with E-state index in [1.54, 1.807) is 6.92 Å². The van der Waals surface area contributed by atoms with Crippen molar-refractivity contribution >= 4 is 27.7 Å². The fourth-order valence-electron chi connectivity index (χ4n) is 3.17. The van der Waals surface area contributed by atoms with Gasteiger partial charge in [0.1, 0.15) is 5.78 Å². The number of rotatable bonds is 16. The molecule has 0 aliphatic heterocycles. The first-order valence-corrected chi connectivity index (χ1v) is 10.6. The molecule has 2 N–H and O–H groups in total. The van der Waals surface area contributed by atoms with Crippen LogP contribution in [0.3, 0.4) is 0 Å². The van der Waals surface area contributed by atoms with Crippen molar-refractivity contribution in [2.75, 3.05) is 0 Å². The second-order valence-corrected chi connectivity index (χ2v) is 9.03. The van der Waals surface area contributed by atoms with E-state index in [4.69, 9.17) is 5.11 Å². The molecular formula is C20H37BrO4. The molecule has 0 bridgehead atoms. The van der Waals surface area contributed by atoms with Gasteiger partial charge in [0, 0.05) is 6.42 Å². The molecule has 0 radical (unpaired) electrons. The molecule has 4 nitrogen and oxygen atoms in total. The standard InChI is InChI=1S/C20H37BrO4/c1-4-5-6-11-18(23)12-9-14-20(21,17(3)22)13-8-7-10-16(2)15-19(24)25/h16,18,23H,4-15H2,1-3H3,(H,24,25). The third kappa shape index (κ3) is 12.6. The molecule has 0 aliphatic carbocycles. The summed E-state index contributed by atoms with van der Waals surface area (Å²) in [5.41, 5.74) is 0. The van der Waals surface area contributed by atoms with Crippen LogP contribution in [-0.4, -0.2) is 32.4 Å². The van der Waals surface area contributed by atoms with Crippen LogP contribution in [0.1, 0.15) is 97.8 Å². The Balaban J connectivity index is 4.10. The number of halogens is 1. The van der Waals surface area contributed by atoms with Crippen LogP contribution in [0.25, 0.3) is 0 Å². The highest BCUT2D eigenvalue weighted by atomic mass is 79.9. The molecule has 0 saturated carbocycles. The molecule has 0 heterocycles. The summed E-state index contributed by atoms with van der Waals surface area (Å²) in [5, 5.41) is 18.8. The lowest BCUT2D eigenvalue weighted by Gasteiger charge is -2.25. The van der Waals surface area contributed by atoms with E-state index >= 15 is 0 Å². The highest BCUT2D eigenvalue weighted by Crippen LogP contribution is 2.33. The maximum atomic E-state index is 12.0. The molecule has 3 atom stereocenters. The van der Waals surface area contributed by atoms with Crippen LogP contribution >= 0.6 is 15.9 Å². The van der Waals surface area contributed by atoms with Gasteiger partial charge in [-0.2, -0.15) is 0 Å². The first-order chi connectivity index (χ1) is 11.7. The molecule has 0 aromatic rings. The zero-order chi connectivity index (χ0) is 19.3. The zero-order valence-electron chi connectivity index (χ0n) is 16.2. The van der Waals surface area contributed by atoms with Crippen LogP contribution < -0.4 is 0 Å². The van der Waals surface area contributed by atoms with Crippen LogP contribution in [0.2, 0.25) is 0 Å². The van der Waals surface area contributed by atoms with Gasteiger partial charge in [-0.15, -0.1) is 0 Å². The Morgan fingerprint density at radius 3 is 2.12 bits per heavy atom. The summed E-state index contributed by atoms with van der Waals surface area (Å²) in [5.74, 6) is -0.423. The molecule has 0 spiro atoms. The highest BCUT2D eigenvalue weighted by Gasteiger charge is 2.31. The number of Topliss-reactive ketones (excluding diaryl/α,β-unsaturated/α-hetero) is 1. The Kier molecular flexibility index (Phi) is 13.5. The van der Waals surface area contributed by atoms with Gasteiger partial charge in [0.2, 0.25) is 0 Å². The number of carbonyl (C=O) groups is 2. The monoisotopic (exact) mass is 420 g/mol. The molecule has 0 aromatic heterocycles. The van der Waals surface area contributed by atoms with Crippen molar-refractivity contribution < 1.29 is 19.8 Å². The maximum Gasteiger partial charge on any atom is 0.303 e. The molecule has 0 aromatic carbocycles. The number of aliphatic hydroxyl groups excluding tert-OH is 1. The fraction of sp³-hybridized carbons (Fsp3) is 0.900. The number of ketones is 1. The maximum absolute atomic E-state index is 12.0. The largest absolute Gasteiger partial charge is 0.481 e. The average Bonchev–Trinajstić information content (AvgIpc) is 2.51. The Bertz CT molecular complexity index is 386. The van der Waals surface area contributed by atoms with E-state index in [1.807, 2.05) is 6.92 Å². The SMILES string of the molecule is CCCCCC(O)CCCC(Br)(CCCCC(C)CC(=O)O)C(C)=O. The summed E-state index contributed by atoms with van der Waals surface area (Å²) in [4.78, 5) is 22.7. The molecular weight excluding hydrogens is 384 g/mol. The average molecular weight is 421 g/mol. The summed E-state index contributed by atoms with van der Waals surface area (Å²) >= 11 is 3.65. The number of carboxylic acid groups (broad SMARTS) is 1. The number of unbranched alkanes of at least 4 members (excludes halogenated alkanes) is 3. The molecule has 5 heteroatoms. The van der Waals surface area contributed by atoms with Crippen LogP contribution in [0, 0.1) is 5.92 Å². The number of carbonyl (C=O) groups excluding carboxylic acids is 1. The van der Waals surface area contributed by atoms with E-state index in [0.717, 1.165) is 70.6 Å². The minimum absolute atomic E-state index is 0.145. The second kappa shape index (κ2) is 13.7. The number of carboxylic acids is 1. The van der Waals surface area contributed by atoms with E-state index in [2.05, 4.69) is 22.9 Å². The Hall–Kier alpha value is -0.420. The number of hydrogen-bond donors (Lipinski definition) is 2. The molecule has 0 aliphatic rings. The van der Waals surface area contributed by atoms with Crippen molar-refractivity contribution in [1.82, 2.24) is 0 Å². The molecule has 0 amide bonds. The smallest absolute Gasteiger partial charge is 0.303 e. The lowest BCUT2D eigenvalue weighted by Crippen LogP contribution is -2.30. The number of alkyl halides is 1.